The van der Waals surface area contributed by atoms with Gasteiger partial charge in [-0.05, 0) is 36.8 Å². The SMILES string of the molecule is CN(CC(=O)Nc1ccc(Cl)c(C(F)(F)F)c1)C(=O)C12CCC(=O)N1c1ccccc1S2. The van der Waals surface area contributed by atoms with Gasteiger partial charge in [0, 0.05) is 24.1 Å². The van der Waals surface area contributed by atoms with Gasteiger partial charge in [0.05, 0.1) is 22.8 Å². The van der Waals surface area contributed by atoms with Crippen LogP contribution in [0.15, 0.2) is 47.4 Å². The Kier molecular flexibility index (Phi) is 5.62. The molecule has 2 heterocycles. The number of carbonyl (C=O) groups is 3. The molecule has 2 aliphatic heterocycles. The van der Waals surface area contributed by atoms with Crippen LogP contribution in [0.2, 0.25) is 5.02 Å². The lowest BCUT2D eigenvalue weighted by Crippen LogP contribution is -2.54. The number of hydrogen-bond donors (Lipinski definition) is 1. The second-order valence-corrected chi connectivity index (χ2v) is 9.21. The molecule has 1 saturated heterocycles. The van der Waals surface area contributed by atoms with Gasteiger partial charge in [0.25, 0.3) is 5.91 Å². The minimum absolute atomic E-state index is 0.0916. The van der Waals surface area contributed by atoms with Crippen LogP contribution in [0.4, 0.5) is 24.5 Å². The highest BCUT2D eigenvalue weighted by Gasteiger charge is 2.58. The molecule has 32 heavy (non-hydrogen) atoms. The number of para-hydroxylation sites is 1. The molecule has 0 aliphatic carbocycles. The normalized spacial score (nSPS) is 19.5. The standard InChI is InChI=1S/C21H17ClF3N3O3S/c1-27(11-17(29)26-12-6-7-14(22)13(10-12)21(23,24)25)19(31)20-9-8-18(30)28(20)15-4-2-3-5-16(15)32-20/h2-7,10H,8-9,11H2,1H3,(H,26,29). The molecule has 0 spiro atoms. The minimum Gasteiger partial charge on any atom is -0.334 e. The molecule has 1 atom stereocenters. The van der Waals surface area contributed by atoms with E-state index in [2.05, 4.69) is 5.32 Å². The molecule has 11 heteroatoms. The maximum absolute atomic E-state index is 13.3. The smallest absolute Gasteiger partial charge is 0.334 e. The van der Waals surface area contributed by atoms with Gasteiger partial charge >= 0.3 is 6.18 Å². The van der Waals surface area contributed by atoms with E-state index in [1.807, 2.05) is 12.1 Å². The van der Waals surface area contributed by atoms with Gasteiger partial charge < -0.3 is 10.2 Å². The predicted molar refractivity (Wildman–Crippen MR) is 114 cm³/mol. The van der Waals surface area contributed by atoms with Gasteiger partial charge in [-0.1, -0.05) is 35.5 Å². The van der Waals surface area contributed by atoms with E-state index in [9.17, 15) is 27.6 Å². The lowest BCUT2D eigenvalue weighted by atomic mass is 10.1. The monoisotopic (exact) mass is 483 g/mol. The van der Waals surface area contributed by atoms with Gasteiger partial charge in [0.15, 0.2) is 4.87 Å². The molecule has 3 amide bonds. The van der Waals surface area contributed by atoms with Crippen molar-refractivity contribution in [1.29, 1.82) is 0 Å². The van der Waals surface area contributed by atoms with E-state index in [0.717, 1.165) is 17.0 Å². The van der Waals surface area contributed by atoms with Gasteiger partial charge in [-0.25, -0.2) is 0 Å². The molecule has 2 aliphatic rings. The molecule has 4 rings (SSSR count). The van der Waals surface area contributed by atoms with Crippen LogP contribution in [-0.2, 0) is 20.6 Å². The Hall–Kier alpha value is -2.72. The largest absolute Gasteiger partial charge is 0.417 e. The van der Waals surface area contributed by atoms with Crippen molar-refractivity contribution in [2.24, 2.45) is 0 Å². The number of hydrogen-bond acceptors (Lipinski definition) is 4. The number of nitrogens with zero attached hydrogens (tertiary/aromatic N) is 2. The summed E-state index contributed by atoms with van der Waals surface area (Å²) in [6.45, 7) is -0.399. The Morgan fingerprint density at radius 2 is 1.97 bits per heavy atom. The summed E-state index contributed by atoms with van der Waals surface area (Å²) in [4.78, 5) is 40.6. The fraction of sp³-hybridized carbons (Fsp3) is 0.286. The predicted octanol–water partition coefficient (Wildman–Crippen LogP) is 4.38. The van der Waals surface area contributed by atoms with Crippen molar-refractivity contribution >= 4 is 52.5 Å². The van der Waals surface area contributed by atoms with Crippen LogP contribution in [0.3, 0.4) is 0 Å². The summed E-state index contributed by atoms with van der Waals surface area (Å²) < 4.78 is 39.1. The lowest BCUT2D eigenvalue weighted by molar-refractivity contribution is -0.137. The number of likely N-dealkylation sites (N-methyl/N-ethyl adjacent to an activating group) is 1. The Balaban J connectivity index is 1.49. The zero-order valence-electron chi connectivity index (χ0n) is 16.7. The van der Waals surface area contributed by atoms with Crippen molar-refractivity contribution in [3.63, 3.8) is 0 Å². The Bertz CT molecular complexity index is 1130. The molecular formula is C21H17ClF3N3O3S. The minimum atomic E-state index is -4.67. The van der Waals surface area contributed by atoms with E-state index in [-0.39, 0.29) is 18.0 Å². The number of rotatable bonds is 4. The van der Waals surface area contributed by atoms with E-state index in [4.69, 9.17) is 11.6 Å². The van der Waals surface area contributed by atoms with E-state index in [1.54, 1.807) is 12.1 Å². The maximum atomic E-state index is 13.3. The molecule has 0 aromatic heterocycles. The first kappa shape index (κ1) is 22.5. The quantitative estimate of drug-likeness (QED) is 0.700. The first-order valence-corrected chi connectivity index (χ1v) is 10.8. The highest BCUT2D eigenvalue weighted by atomic mass is 35.5. The molecule has 0 radical (unpaired) electrons. The number of nitrogens with one attached hydrogen (secondary N) is 1. The average Bonchev–Trinajstić information content (AvgIpc) is 3.23. The second-order valence-electron chi connectivity index (χ2n) is 7.49. The molecule has 2 aromatic carbocycles. The Morgan fingerprint density at radius 3 is 2.69 bits per heavy atom. The third-order valence-corrected chi connectivity index (χ3v) is 7.08. The third-order valence-electron chi connectivity index (χ3n) is 5.29. The summed E-state index contributed by atoms with van der Waals surface area (Å²) >= 11 is 6.87. The van der Waals surface area contributed by atoms with Crippen LogP contribution in [0.5, 0.6) is 0 Å². The maximum Gasteiger partial charge on any atom is 0.417 e. The van der Waals surface area contributed by atoms with Gasteiger partial charge in [-0.15, -0.1) is 0 Å². The van der Waals surface area contributed by atoms with Gasteiger partial charge in [0.1, 0.15) is 0 Å². The molecule has 1 unspecified atom stereocenters. The number of fused-ring (bicyclic) bond motifs is 3. The molecule has 0 bridgehead atoms. The van der Waals surface area contributed by atoms with Crippen molar-refractivity contribution in [1.82, 2.24) is 4.90 Å². The van der Waals surface area contributed by atoms with Gasteiger partial charge in [-0.2, -0.15) is 13.2 Å². The summed E-state index contributed by atoms with van der Waals surface area (Å²) in [7, 11) is 1.42. The molecule has 6 nitrogen and oxygen atoms in total. The van der Waals surface area contributed by atoms with E-state index < -0.39 is 40.0 Å². The van der Waals surface area contributed by atoms with Crippen molar-refractivity contribution in [3.05, 3.63) is 53.1 Å². The molecular weight excluding hydrogens is 467 g/mol. The number of benzene rings is 2. The van der Waals surface area contributed by atoms with Crippen molar-refractivity contribution in [3.8, 4) is 0 Å². The van der Waals surface area contributed by atoms with Crippen molar-refractivity contribution in [2.75, 3.05) is 23.8 Å². The van der Waals surface area contributed by atoms with E-state index >= 15 is 0 Å². The summed E-state index contributed by atoms with van der Waals surface area (Å²) in [6.07, 6.45) is -4.17. The first-order chi connectivity index (χ1) is 15.0. The summed E-state index contributed by atoms with van der Waals surface area (Å²) in [6, 6.07) is 10.2. The Morgan fingerprint density at radius 1 is 1.25 bits per heavy atom. The van der Waals surface area contributed by atoms with Crippen LogP contribution < -0.4 is 10.2 Å². The summed E-state index contributed by atoms with van der Waals surface area (Å²) in [5.74, 6) is -1.27. The average molecular weight is 484 g/mol. The number of anilines is 2. The molecule has 2 aromatic rings. The highest BCUT2D eigenvalue weighted by Crippen LogP contribution is 2.56. The van der Waals surface area contributed by atoms with Crippen LogP contribution in [0.1, 0.15) is 18.4 Å². The number of carbonyl (C=O) groups excluding carboxylic acids is 3. The fourth-order valence-corrected chi connectivity index (χ4v) is 5.63. The molecule has 0 saturated carbocycles. The third kappa shape index (κ3) is 3.81. The zero-order valence-corrected chi connectivity index (χ0v) is 18.3. The van der Waals surface area contributed by atoms with Crippen molar-refractivity contribution in [2.45, 2.75) is 28.8 Å². The molecule has 1 fully saturated rings. The summed E-state index contributed by atoms with van der Waals surface area (Å²) in [5.41, 5.74) is -0.501. The molecule has 1 N–H and O–H groups in total. The number of thioether (sulfide) groups is 1. The van der Waals surface area contributed by atoms with E-state index in [0.29, 0.717) is 12.1 Å². The second kappa shape index (κ2) is 8.00. The van der Waals surface area contributed by atoms with Crippen LogP contribution in [0, 0.1) is 0 Å². The van der Waals surface area contributed by atoms with Crippen molar-refractivity contribution < 1.29 is 27.6 Å². The topological polar surface area (TPSA) is 69.7 Å². The number of halogens is 4. The molecule has 168 valence electrons. The number of amides is 3. The fourth-order valence-electron chi connectivity index (χ4n) is 3.89. The van der Waals surface area contributed by atoms with Crippen LogP contribution in [-0.4, -0.2) is 41.1 Å². The van der Waals surface area contributed by atoms with E-state index in [1.165, 1.54) is 34.7 Å². The zero-order chi connectivity index (χ0) is 23.3. The number of alkyl halides is 3. The summed E-state index contributed by atoms with van der Waals surface area (Å²) in [5, 5.41) is 1.88. The van der Waals surface area contributed by atoms with Gasteiger partial charge in [-0.3, -0.25) is 19.3 Å². The first-order valence-electron chi connectivity index (χ1n) is 9.56. The van der Waals surface area contributed by atoms with Crippen LogP contribution in [0.25, 0.3) is 0 Å². The van der Waals surface area contributed by atoms with Gasteiger partial charge in [0.2, 0.25) is 11.8 Å². The van der Waals surface area contributed by atoms with Crippen LogP contribution >= 0.6 is 23.4 Å². The highest BCUT2D eigenvalue weighted by molar-refractivity contribution is 8.02. The lowest BCUT2D eigenvalue weighted by Gasteiger charge is -2.33. The Labute approximate surface area is 190 Å².